The Hall–Kier alpha value is -2.04. The zero-order valence-corrected chi connectivity index (χ0v) is 14.7. The highest BCUT2D eigenvalue weighted by molar-refractivity contribution is 5.30. The van der Waals surface area contributed by atoms with Gasteiger partial charge < -0.3 is 18.9 Å². The Morgan fingerprint density at radius 2 is 1.12 bits per heavy atom. The molecule has 2 aromatic rings. The minimum Gasteiger partial charge on any atom is -0.453 e. The molecule has 2 aliphatic rings. The lowest BCUT2D eigenvalue weighted by molar-refractivity contribution is -0.0809. The third-order valence-corrected chi connectivity index (χ3v) is 4.31. The second kappa shape index (κ2) is 6.70. The Kier molecular flexibility index (Phi) is 4.40. The lowest BCUT2D eigenvalue weighted by Crippen LogP contribution is -2.35. The third kappa shape index (κ3) is 4.97. The van der Waals surface area contributed by atoms with Gasteiger partial charge in [0.05, 0.1) is 25.4 Å². The number of benzene rings is 2. The van der Waals surface area contributed by atoms with Crippen LogP contribution in [-0.2, 0) is 22.3 Å². The van der Waals surface area contributed by atoms with E-state index in [9.17, 15) is 0 Å². The summed E-state index contributed by atoms with van der Waals surface area (Å²) >= 11 is 0. The van der Waals surface area contributed by atoms with E-state index in [0.717, 1.165) is 37.6 Å². The van der Waals surface area contributed by atoms with Gasteiger partial charge in [0.15, 0.2) is 0 Å². The molecule has 0 spiro atoms. The van der Waals surface area contributed by atoms with Gasteiger partial charge in [0.2, 0.25) is 5.79 Å². The Labute approximate surface area is 148 Å². The lowest BCUT2D eigenvalue weighted by Gasteiger charge is -2.27. The minimum atomic E-state index is -0.748. The molecule has 0 N–H and O–H groups in total. The van der Waals surface area contributed by atoms with E-state index in [-0.39, 0.29) is 0 Å². The first-order valence-corrected chi connectivity index (χ1v) is 8.85. The van der Waals surface area contributed by atoms with Gasteiger partial charge in [0, 0.05) is 26.7 Å². The van der Waals surface area contributed by atoms with Crippen LogP contribution in [0, 0.1) is 0 Å². The second-order valence-electron chi connectivity index (χ2n) is 7.21. The van der Waals surface area contributed by atoms with Gasteiger partial charge in [-0.15, -0.1) is 0 Å². The number of rotatable bonds is 8. The molecule has 2 unspecified atom stereocenters. The van der Waals surface area contributed by atoms with E-state index >= 15 is 0 Å². The molecule has 0 aromatic heterocycles. The highest BCUT2D eigenvalue weighted by atomic mass is 16.7. The summed E-state index contributed by atoms with van der Waals surface area (Å²) in [6, 6.07) is 16.3. The Morgan fingerprint density at radius 3 is 1.44 bits per heavy atom. The predicted molar refractivity (Wildman–Crippen MR) is 95.1 cm³/mol. The van der Waals surface area contributed by atoms with Crippen molar-refractivity contribution < 1.29 is 18.9 Å². The van der Waals surface area contributed by atoms with Crippen LogP contribution in [0.2, 0.25) is 0 Å². The molecule has 4 rings (SSSR count). The van der Waals surface area contributed by atoms with Gasteiger partial charge >= 0.3 is 0 Å². The van der Waals surface area contributed by atoms with Crippen LogP contribution in [0.1, 0.15) is 25.0 Å². The number of hydrogen-bond acceptors (Lipinski definition) is 4. The van der Waals surface area contributed by atoms with Crippen LogP contribution in [0.15, 0.2) is 48.5 Å². The van der Waals surface area contributed by atoms with Crippen molar-refractivity contribution in [3.05, 3.63) is 59.7 Å². The van der Waals surface area contributed by atoms with Crippen LogP contribution in [0.3, 0.4) is 0 Å². The van der Waals surface area contributed by atoms with Crippen molar-refractivity contribution >= 4 is 0 Å². The van der Waals surface area contributed by atoms with Gasteiger partial charge in [-0.2, -0.15) is 0 Å². The molecule has 2 fully saturated rings. The summed E-state index contributed by atoms with van der Waals surface area (Å²) in [5.41, 5.74) is 2.53. The molecule has 2 heterocycles. The first-order valence-electron chi connectivity index (χ1n) is 8.85. The molecular formula is C21H24O4. The molecule has 0 aliphatic carbocycles. The van der Waals surface area contributed by atoms with Gasteiger partial charge in [0.1, 0.15) is 11.5 Å². The summed E-state index contributed by atoms with van der Waals surface area (Å²) in [6.07, 6.45) is 2.75. The van der Waals surface area contributed by atoms with Crippen LogP contribution in [0.5, 0.6) is 11.5 Å². The highest BCUT2D eigenvalue weighted by Crippen LogP contribution is 2.25. The van der Waals surface area contributed by atoms with E-state index in [0.29, 0.717) is 12.2 Å². The zero-order chi connectivity index (χ0) is 17.3. The maximum absolute atomic E-state index is 6.01. The molecule has 4 nitrogen and oxygen atoms in total. The first-order chi connectivity index (χ1) is 12.1. The van der Waals surface area contributed by atoms with Gasteiger partial charge in [0.25, 0.3) is 0 Å². The third-order valence-electron chi connectivity index (χ3n) is 4.31. The van der Waals surface area contributed by atoms with Crippen LogP contribution in [0.4, 0.5) is 0 Å². The van der Waals surface area contributed by atoms with Crippen molar-refractivity contribution in [3.8, 4) is 11.5 Å². The molecule has 25 heavy (non-hydrogen) atoms. The monoisotopic (exact) mass is 340 g/mol. The number of ether oxygens (including phenoxy) is 4. The quantitative estimate of drug-likeness (QED) is 0.542. The molecule has 2 aromatic carbocycles. The maximum atomic E-state index is 6.01. The zero-order valence-electron chi connectivity index (χ0n) is 14.7. The van der Waals surface area contributed by atoms with Crippen molar-refractivity contribution in [2.75, 3.05) is 13.2 Å². The molecule has 132 valence electrons. The van der Waals surface area contributed by atoms with Gasteiger partial charge in [-0.1, -0.05) is 24.3 Å². The summed E-state index contributed by atoms with van der Waals surface area (Å²) in [7, 11) is 0. The molecule has 2 aliphatic heterocycles. The topological polar surface area (TPSA) is 43.5 Å². The second-order valence-corrected chi connectivity index (χ2v) is 7.21. The number of hydrogen-bond donors (Lipinski definition) is 0. The van der Waals surface area contributed by atoms with E-state index < -0.39 is 5.79 Å². The minimum absolute atomic E-state index is 0.404. The first kappa shape index (κ1) is 16.4. The van der Waals surface area contributed by atoms with E-state index in [2.05, 4.69) is 24.3 Å². The lowest BCUT2D eigenvalue weighted by atomic mass is 10.1. The molecule has 0 radical (unpaired) electrons. The molecule has 0 bridgehead atoms. The van der Waals surface area contributed by atoms with E-state index in [4.69, 9.17) is 18.9 Å². The summed E-state index contributed by atoms with van der Waals surface area (Å²) in [6.45, 7) is 5.60. The smallest absolute Gasteiger partial charge is 0.245 e. The predicted octanol–water partition coefficient (Wildman–Crippen LogP) is 3.76. The largest absolute Gasteiger partial charge is 0.453 e. The average molecular weight is 340 g/mol. The highest BCUT2D eigenvalue weighted by Gasteiger charge is 2.25. The Bertz CT molecular complexity index is 636. The maximum Gasteiger partial charge on any atom is 0.245 e. The molecular weight excluding hydrogens is 316 g/mol. The van der Waals surface area contributed by atoms with Crippen molar-refractivity contribution in [3.63, 3.8) is 0 Å². The normalized spacial score (nSPS) is 21.7. The molecule has 2 saturated heterocycles. The summed E-state index contributed by atoms with van der Waals surface area (Å²) in [4.78, 5) is 0. The number of epoxide rings is 2. The Morgan fingerprint density at radius 1 is 0.760 bits per heavy atom. The summed E-state index contributed by atoms with van der Waals surface area (Å²) in [5.74, 6) is 0.850. The van der Waals surface area contributed by atoms with Crippen LogP contribution >= 0.6 is 0 Å². The van der Waals surface area contributed by atoms with Gasteiger partial charge in [-0.3, -0.25) is 0 Å². The SMILES string of the molecule is CC(C)(Oc1ccc(CC2CO2)cc1)Oc1ccc(CC2CO2)cc1. The van der Waals surface area contributed by atoms with Crippen LogP contribution in [-0.4, -0.2) is 31.2 Å². The molecule has 0 saturated carbocycles. The van der Waals surface area contributed by atoms with Crippen molar-refractivity contribution in [1.29, 1.82) is 0 Å². The van der Waals surface area contributed by atoms with E-state index in [1.165, 1.54) is 11.1 Å². The molecule has 4 heteroatoms. The summed E-state index contributed by atoms with van der Waals surface area (Å²) < 4.78 is 22.6. The van der Waals surface area contributed by atoms with Gasteiger partial charge in [-0.25, -0.2) is 0 Å². The van der Waals surface area contributed by atoms with Gasteiger partial charge in [-0.05, 0) is 35.4 Å². The van der Waals surface area contributed by atoms with E-state index in [1.807, 2.05) is 38.1 Å². The van der Waals surface area contributed by atoms with Crippen LogP contribution < -0.4 is 9.47 Å². The average Bonchev–Trinajstić information content (AvgIpc) is 3.47. The van der Waals surface area contributed by atoms with Crippen molar-refractivity contribution in [1.82, 2.24) is 0 Å². The van der Waals surface area contributed by atoms with Crippen molar-refractivity contribution in [2.24, 2.45) is 0 Å². The Balaban J connectivity index is 1.33. The molecule has 2 atom stereocenters. The van der Waals surface area contributed by atoms with E-state index in [1.54, 1.807) is 0 Å². The van der Waals surface area contributed by atoms with Crippen molar-refractivity contribution in [2.45, 2.75) is 44.7 Å². The molecule has 0 amide bonds. The standard InChI is InChI=1S/C21H24O4/c1-21(2,24-17-7-3-15(4-8-17)11-19-13-22-19)25-18-9-5-16(6-10-18)12-20-14-23-20/h3-10,19-20H,11-14H2,1-2H3. The fourth-order valence-electron chi connectivity index (χ4n) is 2.87. The fraction of sp³-hybridized carbons (Fsp3) is 0.429. The van der Waals surface area contributed by atoms with Crippen LogP contribution in [0.25, 0.3) is 0 Å². The fourth-order valence-corrected chi connectivity index (χ4v) is 2.87. The summed E-state index contributed by atoms with van der Waals surface area (Å²) in [5, 5.41) is 0.